The van der Waals surface area contributed by atoms with Gasteiger partial charge in [0.25, 0.3) is 17.5 Å². The summed E-state index contributed by atoms with van der Waals surface area (Å²) in [4.78, 5) is 64.3. The predicted octanol–water partition coefficient (Wildman–Crippen LogP) is 5.74. The molecule has 4 aromatic carbocycles. The molecule has 0 aromatic heterocycles. The first-order valence-corrected chi connectivity index (χ1v) is 14.4. The molecular weight excluding hydrogens is 580 g/mol. The largest absolute Gasteiger partial charge is 0.321 e. The van der Waals surface area contributed by atoms with E-state index in [2.05, 4.69) is 10.6 Å². The highest BCUT2D eigenvalue weighted by Gasteiger charge is 2.40. The number of hydrogen-bond acceptors (Lipinski definition) is 7. The summed E-state index contributed by atoms with van der Waals surface area (Å²) in [5, 5.41) is 15.8. The Bertz CT molecular complexity index is 1790. The van der Waals surface area contributed by atoms with Crippen LogP contribution in [0.5, 0.6) is 0 Å². The highest BCUT2D eigenvalue weighted by Crippen LogP contribution is 2.35. The van der Waals surface area contributed by atoms with E-state index >= 15 is 0 Å². The van der Waals surface area contributed by atoms with Crippen molar-refractivity contribution < 1.29 is 24.1 Å². The van der Waals surface area contributed by atoms with Gasteiger partial charge in [0.15, 0.2) is 0 Å². The van der Waals surface area contributed by atoms with Crippen LogP contribution < -0.4 is 15.5 Å². The van der Waals surface area contributed by atoms with Gasteiger partial charge in [0.2, 0.25) is 11.8 Å². The summed E-state index contributed by atoms with van der Waals surface area (Å²) in [7, 11) is 0. The van der Waals surface area contributed by atoms with E-state index in [1.165, 1.54) is 36.0 Å². The summed E-state index contributed by atoms with van der Waals surface area (Å²) >= 11 is 1.18. The maximum absolute atomic E-state index is 13.4. The van der Waals surface area contributed by atoms with Crippen LogP contribution in [0.2, 0.25) is 0 Å². The Balaban J connectivity index is 1.31. The fourth-order valence-electron chi connectivity index (χ4n) is 4.57. The number of nitrogens with zero attached hydrogens (tertiary/aromatic N) is 2. The molecule has 0 spiro atoms. The van der Waals surface area contributed by atoms with Gasteiger partial charge in [-0.05, 0) is 61.0 Å². The number of nitro benzene ring substituents is 1. The first kappa shape index (κ1) is 29.9. The third-order valence-electron chi connectivity index (χ3n) is 6.68. The number of non-ortho nitro benzene ring substituents is 1. The molecule has 1 atom stereocenters. The predicted molar refractivity (Wildman–Crippen MR) is 168 cm³/mol. The van der Waals surface area contributed by atoms with Crippen molar-refractivity contribution in [1.29, 1.82) is 0 Å². The lowest BCUT2D eigenvalue weighted by atomic mass is 10.1. The quantitative estimate of drug-likeness (QED) is 0.107. The molecule has 0 aliphatic carbocycles. The van der Waals surface area contributed by atoms with Crippen molar-refractivity contribution >= 4 is 58.5 Å². The molecule has 4 amide bonds. The van der Waals surface area contributed by atoms with Gasteiger partial charge in [0.05, 0.1) is 15.9 Å². The van der Waals surface area contributed by atoms with Gasteiger partial charge in [0.1, 0.15) is 5.70 Å². The van der Waals surface area contributed by atoms with Gasteiger partial charge in [-0.3, -0.25) is 29.3 Å². The van der Waals surface area contributed by atoms with Crippen LogP contribution in [0.25, 0.3) is 6.08 Å². The number of imide groups is 1. The summed E-state index contributed by atoms with van der Waals surface area (Å²) in [5.74, 6) is -1.83. The summed E-state index contributed by atoms with van der Waals surface area (Å²) in [6, 6.07) is 28.1. The molecule has 10 nitrogen and oxygen atoms in total. The van der Waals surface area contributed by atoms with E-state index in [1.54, 1.807) is 60.7 Å². The molecule has 220 valence electrons. The van der Waals surface area contributed by atoms with Crippen molar-refractivity contribution in [2.24, 2.45) is 0 Å². The average molecular weight is 607 g/mol. The number of amides is 4. The van der Waals surface area contributed by atoms with Crippen molar-refractivity contribution in [3.05, 3.63) is 136 Å². The van der Waals surface area contributed by atoms with E-state index in [0.717, 1.165) is 16.0 Å². The van der Waals surface area contributed by atoms with E-state index in [1.807, 2.05) is 31.2 Å². The molecule has 2 N–H and O–H groups in total. The van der Waals surface area contributed by atoms with Crippen LogP contribution in [0.15, 0.2) is 114 Å². The fourth-order valence-corrected chi connectivity index (χ4v) is 5.68. The molecule has 44 heavy (non-hydrogen) atoms. The number of carbonyl (C=O) groups excluding carboxylic acids is 4. The van der Waals surface area contributed by atoms with Gasteiger partial charge in [-0.1, -0.05) is 54.1 Å². The molecule has 0 bridgehead atoms. The Kier molecular flexibility index (Phi) is 8.96. The lowest BCUT2D eigenvalue weighted by Gasteiger charge is -2.15. The molecule has 1 heterocycles. The third kappa shape index (κ3) is 7.08. The number of nitrogens with one attached hydrogen (secondary N) is 2. The summed E-state index contributed by atoms with van der Waals surface area (Å²) < 4.78 is 0. The Morgan fingerprint density at radius 3 is 2.36 bits per heavy atom. The second-order valence-corrected chi connectivity index (χ2v) is 11.2. The van der Waals surface area contributed by atoms with Gasteiger partial charge in [0, 0.05) is 34.7 Å². The molecule has 1 fully saturated rings. The fraction of sp³-hybridized carbons (Fsp3) is 0.0909. The van der Waals surface area contributed by atoms with Crippen LogP contribution >= 0.6 is 11.8 Å². The Morgan fingerprint density at radius 2 is 1.66 bits per heavy atom. The van der Waals surface area contributed by atoms with Gasteiger partial charge >= 0.3 is 0 Å². The number of nitro groups is 1. The SMILES string of the molecule is Cc1cccc(/C=C(\NC(=O)c2ccccc2)C(=O)Nc2cccc(S[C@H]3CC(=O)N(c4ccc([N+](=O)[O-])cc4)C3=O)c2)c1. The Labute approximate surface area is 256 Å². The molecule has 11 heteroatoms. The van der Waals surface area contributed by atoms with Crippen molar-refractivity contribution in [1.82, 2.24) is 5.32 Å². The first-order valence-electron chi connectivity index (χ1n) is 13.5. The van der Waals surface area contributed by atoms with Crippen LogP contribution in [-0.2, 0) is 14.4 Å². The summed E-state index contributed by atoms with van der Waals surface area (Å²) in [6.45, 7) is 1.93. The standard InChI is InChI=1S/C33H26N4O6S/c1-21-7-5-8-22(17-21)18-28(35-31(39)23-9-3-2-4-10-23)32(40)34-24-11-6-12-27(19-24)44-29-20-30(38)36(33(29)41)25-13-15-26(16-14-25)37(42)43/h2-19,29H,20H2,1H3,(H,34,40)(H,35,39)/b28-18-/t29-/m0/s1. The first-order chi connectivity index (χ1) is 21.2. The van der Waals surface area contributed by atoms with E-state index in [4.69, 9.17) is 0 Å². The van der Waals surface area contributed by atoms with E-state index < -0.39 is 33.8 Å². The van der Waals surface area contributed by atoms with E-state index in [0.29, 0.717) is 16.1 Å². The Morgan fingerprint density at radius 1 is 0.932 bits per heavy atom. The smallest absolute Gasteiger partial charge is 0.272 e. The Hall–Kier alpha value is -5.55. The van der Waals surface area contributed by atoms with Gasteiger partial charge in [-0.25, -0.2) is 4.90 Å². The second-order valence-electron chi connectivity index (χ2n) is 9.93. The maximum Gasteiger partial charge on any atom is 0.272 e. The number of thioether (sulfide) groups is 1. The van der Waals surface area contributed by atoms with Crippen LogP contribution in [0.3, 0.4) is 0 Å². The molecule has 1 aliphatic heterocycles. The lowest BCUT2D eigenvalue weighted by molar-refractivity contribution is -0.384. The summed E-state index contributed by atoms with van der Waals surface area (Å²) in [6.07, 6.45) is 1.54. The third-order valence-corrected chi connectivity index (χ3v) is 7.86. The van der Waals surface area contributed by atoms with E-state index in [9.17, 15) is 29.3 Å². The number of rotatable bonds is 9. The molecule has 1 saturated heterocycles. The highest BCUT2D eigenvalue weighted by molar-refractivity contribution is 8.00. The molecule has 0 radical (unpaired) electrons. The number of aryl methyl sites for hydroxylation is 1. The van der Waals surface area contributed by atoms with Crippen molar-refractivity contribution in [3.63, 3.8) is 0 Å². The lowest BCUT2D eigenvalue weighted by Crippen LogP contribution is -2.31. The zero-order chi connectivity index (χ0) is 31.2. The molecule has 4 aromatic rings. The summed E-state index contributed by atoms with van der Waals surface area (Å²) in [5.41, 5.74) is 2.70. The minimum atomic E-state index is -0.717. The van der Waals surface area contributed by atoms with Gasteiger partial charge < -0.3 is 10.6 Å². The molecule has 0 saturated carbocycles. The molecule has 5 rings (SSSR count). The molecular formula is C33H26N4O6S. The average Bonchev–Trinajstić information content (AvgIpc) is 3.29. The monoisotopic (exact) mass is 606 g/mol. The van der Waals surface area contributed by atoms with Crippen molar-refractivity contribution in [3.8, 4) is 0 Å². The van der Waals surface area contributed by atoms with Crippen LogP contribution in [0.4, 0.5) is 17.1 Å². The molecule has 0 unspecified atom stereocenters. The topological polar surface area (TPSA) is 139 Å². The van der Waals surface area contributed by atoms with Crippen molar-refractivity contribution in [2.45, 2.75) is 23.5 Å². The molecule has 1 aliphatic rings. The van der Waals surface area contributed by atoms with Crippen molar-refractivity contribution in [2.75, 3.05) is 10.2 Å². The number of hydrogen-bond donors (Lipinski definition) is 2. The van der Waals surface area contributed by atoms with E-state index in [-0.39, 0.29) is 23.5 Å². The normalized spacial score (nSPS) is 14.8. The zero-order valence-corrected chi connectivity index (χ0v) is 24.2. The number of anilines is 2. The maximum atomic E-state index is 13.4. The number of benzene rings is 4. The zero-order valence-electron chi connectivity index (χ0n) is 23.4. The highest BCUT2D eigenvalue weighted by atomic mass is 32.2. The minimum Gasteiger partial charge on any atom is -0.321 e. The van der Waals surface area contributed by atoms with Gasteiger partial charge in [-0.15, -0.1) is 11.8 Å². The van der Waals surface area contributed by atoms with Crippen LogP contribution in [0, 0.1) is 17.0 Å². The van der Waals surface area contributed by atoms with Crippen LogP contribution in [0.1, 0.15) is 27.9 Å². The van der Waals surface area contributed by atoms with Crippen LogP contribution in [-0.4, -0.2) is 33.8 Å². The second kappa shape index (κ2) is 13.2. The number of carbonyl (C=O) groups is 4. The van der Waals surface area contributed by atoms with Gasteiger partial charge in [-0.2, -0.15) is 0 Å². The minimum absolute atomic E-state index is 0.0396.